The molecule has 4 fully saturated rings. The zero-order chi connectivity index (χ0) is 38.7. The molecule has 3 heterocycles. The number of rotatable bonds is 11. The van der Waals surface area contributed by atoms with Gasteiger partial charge in [-0.05, 0) is 109 Å². The smallest absolute Gasteiger partial charge is 0.306 e. The lowest BCUT2D eigenvalue weighted by molar-refractivity contribution is -0.314. The van der Waals surface area contributed by atoms with Crippen LogP contribution in [-0.2, 0) is 47.5 Å². The van der Waals surface area contributed by atoms with Crippen LogP contribution in [0.4, 0.5) is 0 Å². The van der Waals surface area contributed by atoms with Crippen LogP contribution in [0.2, 0.25) is 0 Å². The molecule has 3 saturated heterocycles. The van der Waals surface area contributed by atoms with Crippen molar-refractivity contribution >= 4 is 11.8 Å². The van der Waals surface area contributed by atoms with E-state index in [1.807, 2.05) is 13.8 Å². The molecule has 306 valence electrons. The maximum atomic E-state index is 14.7. The van der Waals surface area contributed by atoms with Gasteiger partial charge in [-0.2, -0.15) is 0 Å². The van der Waals surface area contributed by atoms with Gasteiger partial charge in [0.1, 0.15) is 24.4 Å². The van der Waals surface area contributed by atoms with Crippen molar-refractivity contribution in [1.29, 1.82) is 0 Å². The van der Waals surface area contributed by atoms with Crippen molar-refractivity contribution in [2.75, 3.05) is 35.4 Å². The standard InChI is InChI=1S/C43H69NO10/c1-10-11-13-28-14-12-15-36(54-38-19-18-35(44(5)6)25(3)50-38)24(2)39(46)34-22-32-30(33(34)23-37(45)52-28)17-16-27-20-29(21-31(27)32)53-43-42(49-9)41(48-8)40(47-7)26(4)51-43/h16-17,22,24-33,35-36,38,40-43H,10-15,18-21,23H2,1-9H3/t24-,25-,26+,27?,28+,29-,30?,31?,32?,33?,35+,36+,38?,40+,41-,42-,43+/m1/s1. The maximum absolute atomic E-state index is 14.7. The summed E-state index contributed by atoms with van der Waals surface area (Å²) in [5.41, 5.74) is 0.770. The first-order valence-corrected chi connectivity index (χ1v) is 21.0. The Morgan fingerprint density at radius 1 is 0.833 bits per heavy atom. The van der Waals surface area contributed by atoms with Crippen LogP contribution in [-0.4, -0.2) is 120 Å². The molecule has 0 aromatic carbocycles. The van der Waals surface area contributed by atoms with Gasteiger partial charge in [-0.15, -0.1) is 0 Å². The van der Waals surface area contributed by atoms with Crippen molar-refractivity contribution in [2.24, 2.45) is 35.5 Å². The molecule has 6 rings (SSSR count). The third-order valence-corrected chi connectivity index (χ3v) is 13.7. The number of ketones is 1. The first-order chi connectivity index (χ1) is 26.0. The Hall–Kier alpha value is -1.70. The van der Waals surface area contributed by atoms with Crippen LogP contribution < -0.4 is 0 Å². The van der Waals surface area contributed by atoms with Gasteiger partial charge in [-0.1, -0.05) is 44.9 Å². The molecule has 0 aromatic rings. The highest BCUT2D eigenvalue weighted by Gasteiger charge is 2.52. The summed E-state index contributed by atoms with van der Waals surface area (Å²) in [5.74, 6) is 0.0373. The second-order valence-corrected chi connectivity index (χ2v) is 17.2. The topological polar surface area (TPSA) is 111 Å². The average Bonchev–Trinajstić information content (AvgIpc) is 3.72. The molecule has 0 spiro atoms. The molecule has 0 radical (unpaired) electrons. The van der Waals surface area contributed by atoms with Gasteiger partial charge >= 0.3 is 5.97 Å². The summed E-state index contributed by atoms with van der Waals surface area (Å²) in [4.78, 5) is 30.7. The number of likely N-dealkylation sites (N-methyl/N-ethyl adjacent to an activating group) is 1. The number of esters is 1. The molecular weight excluding hydrogens is 690 g/mol. The van der Waals surface area contributed by atoms with Gasteiger partial charge in [0.25, 0.3) is 0 Å². The first-order valence-electron chi connectivity index (χ1n) is 21.0. The van der Waals surface area contributed by atoms with Crippen LogP contribution in [0.5, 0.6) is 0 Å². The van der Waals surface area contributed by atoms with E-state index in [-0.39, 0.29) is 96.8 Å². The molecule has 1 saturated carbocycles. The second kappa shape index (κ2) is 18.7. The number of hydrogen-bond acceptors (Lipinski definition) is 11. The van der Waals surface area contributed by atoms with Gasteiger partial charge in [0, 0.05) is 39.2 Å². The minimum Gasteiger partial charge on any atom is -0.462 e. The fraction of sp³-hybridized carbons (Fsp3) is 0.860. The van der Waals surface area contributed by atoms with Crippen LogP contribution in [0.1, 0.15) is 98.3 Å². The minimum atomic E-state index is -0.595. The Labute approximate surface area is 324 Å². The van der Waals surface area contributed by atoms with E-state index < -0.39 is 12.4 Å². The number of unbranched alkanes of at least 4 members (excludes halogenated alkanes) is 1. The molecule has 6 unspecified atom stereocenters. The zero-order valence-electron chi connectivity index (χ0n) is 34.4. The summed E-state index contributed by atoms with van der Waals surface area (Å²) in [7, 11) is 9.17. The lowest BCUT2D eigenvalue weighted by Gasteiger charge is -2.44. The molecule has 0 aromatic heterocycles. The van der Waals surface area contributed by atoms with Crippen molar-refractivity contribution < 1.29 is 47.5 Å². The van der Waals surface area contributed by atoms with E-state index in [0.717, 1.165) is 63.4 Å². The lowest BCUT2D eigenvalue weighted by atomic mass is 9.70. The highest BCUT2D eigenvalue weighted by molar-refractivity contribution is 5.99. The number of nitrogens with zero attached hydrogens (tertiary/aromatic N) is 1. The Kier molecular flexibility index (Phi) is 14.5. The Balaban J connectivity index is 1.21. The lowest BCUT2D eigenvalue weighted by Crippen LogP contribution is -2.59. The summed E-state index contributed by atoms with van der Waals surface area (Å²) in [6.45, 7) is 8.29. The van der Waals surface area contributed by atoms with Gasteiger partial charge in [0.05, 0.1) is 30.8 Å². The molecule has 11 nitrogen and oxygen atoms in total. The summed E-state index contributed by atoms with van der Waals surface area (Å²) >= 11 is 0. The quantitative estimate of drug-likeness (QED) is 0.176. The van der Waals surface area contributed by atoms with E-state index in [2.05, 4.69) is 51.1 Å². The maximum Gasteiger partial charge on any atom is 0.306 e. The summed E-state index contributed by atoms with van der Waals surface area (Å²) in [6.07, 6.45) is 13.1. The van der Waals surface area contributed by atoms with Gasteiger partial charge in [0.15, 0.2) is 18.4 Å². The number of cyclic esters (lactones) is 1. The van der Waals surface area contributed by atoms with Gasteiger partial charge < -0.3 is 42.8 Å². The Bertz CT molecular complexity index is 1320. The van der Waals surface area contributed by atoms with Gasteiger partial charge in [-0.3, -0.25) is 9.59 Å². The third-order valence-electron chi connectivity index (χ3n) is 13.7. The minimum absolute atomic E-state index is 0.0370. The van der Waals surface area contributed by atoms with Crippen LogP contribution >= 0.6 is 0 Å². The summed E-state index contributed by atoms with van der Waals surface area (Å²) < 4.78 is 49.9. The molecule has 0 N–H and O–H groups in total. The van der Waals surface area contributed by atoms with E-state index in [0.29, 0.717) is 18.4 Å². The largest absolute Gasteiger partial charge is 0.462 e. The van der Waals surface area contributed by atoms with E-state index in [1.54, 1.807) is 21.3 Å². The highest BCUT2D eigenvalue weighted by Crippen LogP contribution is 2.54. The predicted octanol–water partition coefficient (Wildman–Crippen LogP) is 6.27. The fourth-order valence-electron chi connectivity index (χ4n) is 10.7. The average molecular weight is 760 g/mol. The molecular formula is C43H69NO10. The zero-order valence-corrected chi connectivity index (χ0v) is 34.4. The predicted molar refractivity (Wildman–Crippen MR) is 203 cm³/mol. The van der Waals surface area contributed by atoms with Crippen molar-refractivity contribution in [3.05, 3.63) is 23.8 Å². The van der Waals surface area contributed by atoms with Crippen LogP contribution in [0, 0.1) is 35.5 Å². The van der Waals surface area contributed by atoms with Crippen LogP contribution in [0.15, 0.2) is 23.8 Å². The van der Waals surface area contributed by atoms with Crippen molar-refractivity contribution in [2.45, 2.75) is 166 Å². The summed E-state index contributed by atoms with van der Waals surface area (Å²) in [5, 5.41) is 0. The number of allylic oxidation sites excluding steroid dienone is 4. The molecule has 3 aliphatic carbocycles. The van der Waals surface area contributed by atoms with Crippen LogP contribution in [0.3, 0.4) is 0 Å². The van der Waals surface area contributed by atoms with E-state index in [4.69, 9.17) is 37.9 Å². The van der Waals surface area contributed by atoms with E-state index in [1.165, 1.54) is 0 Å². The van der Waals surface area contributed by atoms with Crippen LogP contribution in [0.25, 0.3) is 0 Å². The van der Waals surface area contributed by atoms with Gasteiger partial charge in [-0.25, -0.2) is 0 Å². The molecule has 3 aliphatic heterocycles. The SMILES string of the molecule is CCCC[C@H]1CCC[C@H](OC2CC[C@H](N(C)C)[C@@H](C)O2)[C@@H](C)C(=O)C2=CC3C(C=CC4C[C@@H](O[C@@H]5O[C@@H](C)[C@H](OC)[C@@H](OC)[C@H]5OC)CC43)C2CC(=O)O1. The summed E-state index contributed by atoms with van der Waals surface area (Å²) in [6, 6.07) is 0.338. The molecule has 6 aliphatic rings. The number of ether oxygens (including phenoxy) is 8. The number of carbonyl (C=O) groups is 2. The second-order valence-electron chi connectivity index (χ2n) is 17.2. The number of Topliss-reactive ketones (excluding diaryl/α,β-unsaturated/α-hetero) is 1. The molecule has 0 bridgehead atoms. The van der Waals surface area contributed by atoms with Crippen molar-refractivity contribution in [3.63, 3.8) is 0 Å². The first kappa shape index (κ1) is 41.9. The fourth-order valence-corrected chi connectivity index (χ4v) is 10.7. The highest BCUT2D eigenvalue weighted by atomic mass is 16.7. The normalized spacial score (nSPS) is 44.5. The Morgan fingerprint density at radius 2 is 1.59 bits per heavy atom. The molecule has 11 heteroatoms. The molecule has 17 atom stereocenters. The monoisotopic (exact) mass is 759 g/mol. The number of fused-ring (bicyclic) bond motifs is 5. The van der Waals surface area contributed by atoms with Gasteiger partial charge in [0.2, 0.25) is 0 Å². The number of carbonyl (C=O) groups excluding carboxylic acids is 2. The third kappa shape index (κ3) is 9.04. The van der Waals surface area contributed by atoms with Crippen molar-refractivity contribution in [3.8, 4) is 0 Å². The van der Waals surface area contributed by atoms with E-state index in [9.17, 15) is 9.59 Å². The number of hydrogen-bond donors (Lipinski definition) is 0. The molecule has 54 heavy (non-hydrogen) atoms. The molecule has 0 amide bonds. The van der Waals surface area contributed by atoms with Crippen molar-refractivity contribution in [1.82, 2.24) is 4.90 Å². The Morgan fingerprint density at radius 3 is 2.28 bits per heavy atom. The van der Waals surface area contributed by atoms with E-state index >= 15 is 0 Å². The number of methoxy groups -OCH3 is 3.